The monoisotopic (exact) mass is 1130 g/mol. The average molecular weight is 1130 g/mol. The lowest BCUT2D eigenvalue weighted by molar-refractivity contribution is -0.107. The molecular formula is C60H70O21. The molecule has 436 valence electrons. The summed E-state index contributed by atoms with van der Waals surface area (Å²) < 4.78 is 81.7. The molecule has 6 atom stereocenters. The van der Waals surface area contributed by atoms with E-state index in [0.29, 0.717) is 126 Å². The predicted molar refractivity (Wildman–Crippen MR) is 295 cm³/mol. The maximum absolute atomic E-state index is 13.4. The van der Waals surface area contributed by atoms with Crippen molar-refractivity contribution in [2.45, 2.75) is 63.9 Å². The molecule has 4 aliphatic rings. The van der Waals surface area contributed by atoms with Crippen LogP contribution in [0.3, 0.4) is 0 Å². The molecule has 10 rings (SSSR count). The molecule has 0 bridgehead atoms. The van der Waals surface area contributed by atoms with Gasteiger partial charge in [-0.3, -0.25) is 0 Å². The number of carbonyl (C=O) groups is 2. The Balaban J connectivity index is 0.000000252. The summed E-state index contributed by atoms with van der Waals surface area (Å²) in [6, 6.07) is 24.5. The number of hydrogen-bond acceptors (Lipinski definition) is 18. The molecule has 81 heavy (non-hydrogen) atoms. The third kappa shape index (κ3) is 10.8. The minimum atomic E-state index is -1.51. The molecule has 21 nitrogen and oxygen atoms in total. The molecule has 0 radical (unpaired) electrons. The van der Waals surface area contributed by atoms with Gasteiger partial charge in [-0.05, 0) is 98.2 Å². The van der Waals surface area contributed by atoms with Crippen molar-refractivity contribution in [3.8, 4) is 91.2 Å². The molecule has 0 spiro atoms. The van der Waals surface area contributed by atoms with E-state index in [-0.39, 0.29) is 41.9 Å². The Kier molecular flexibility index (Phi) is 19.1. The van der Waals surface area contributed by atoms with E-state index in [4.69, 9.17) is 66.3 Å². The van der Waals surface area contributed by atoms with Crippen LogP contribution in [0, 0.1) is 11.8 Å². The minimum Gasteiger partial charge on any atom is -0.493 e. The Morgan fingerprint density at radius 1 is 0.457 bits per heavy atom. The first-order valence-corrected chi connectivity index (χ1v) is 25.1. The number of hydrogen-bond donors (Lipinski definition) is 2. The Bertz CT molecular complexity index is 3020. The highest BCUT2D eigenvalue weighted by Gasteiger charge is 2.49. The number of fused-ring (bicyclic) bond motifs is 8. The van der Waals surface area contributed by atoms with Crippen LogP contribution in [0.15, 0.2) is 84.9 Å². The standard InChI is InChI=1S/2C30H32O9.3H2O/c2*1-16-12-18-13-21-25(38-15-37-21)26(35-5)22(18)23-19(14-20(33-3)24(34-4)27(23)36-6)28(30(16,2)32)39-29(31)17-10-8-7-9-11-17;;;/h2*7-11,13-14,16,28,32H,12,15H2,1-6H3;3*1H2/t2*16-,28-,30-;;;/m00.../s1. The number of rotatable bonds is 12. The first kappa shape index (κ1) is 61.9. The maximum Gasteiger partial charge on any atom is 0.338 e. The van der Waals surface area contributed by atoms with E-state index in [1.54, 1.807) is 88.7 Å². The molecule has 2 aliphatic carbocycles. The van der Waals surface area contributed by atoms with Gasteiger partial charge in [-0.15, -0.1) is 0 Å². The molecule has 6 aromatic rings. The van der Waals surface area contributed by atoms with Crippen molar-refractivity contribution in [2.24, 2.45) is 11.8 Å². The minimum absolute atomic E-state index is 0. The van der Waals surface area contributed by atoms with Gasteiger partial charge in [0.2, 0.25) is 36.6 Å². The van der Waals surface area contributed by atoms with Gasteiger partial charge >= 0.3 is 11.9 Å². The van der Waals surface area contributed by atoms with Crippen LogP contribution in [0.25, 0.3) is 22.3 Å². The first-order chi connectivity index (χ1) is 37.5. The van der Waals surface area contributed by atoms with Crippen LogP contribution in [-0.4, -0.2) is 120 Å². The maximum atomic E-state index is 13.4. The fourth-order valence-corrected chi connectivity index (χ4v) is 10.7. The van der Waals surface area contributed by atoms with Crippen LogP contribution in [0.4, 0.5) is 0 Å². The van der Waals surface area contributed by atoms with Crippen molar-refractivity contribution in [2.75, 3.05) is 70.5 Å². The molecule has 6 aromatic carbocycles. The summed E-state index contributed by atoms with van der Waals surface area (Å²) in [7, 11) is 12.2. The van der Waals surface area contributed by atoms with Crippen molar-refractivity contribution in [1.29, 1.82) is 0 Å². The third-order valence-electron chi connectivity index (χ3n) is 15.2. The molecule has 2 aliphatic heterocycles. The van der Waals surface area contributed by atoms with Gasteiger partial charge in [-0.1, -0.05) is 50.2 Å². The molecule has 8 N–H and O–H groups in total. The van der Waals surface area contributed by atoms with Gasteiger partial charge in [0, 0.05) is 33.4 Å². The smallest absolute Gasteiger partial charge is 0.338 e. The molecule has 0 aromatic heterocycles. The van der Waals surface area contributed by atoms with E-state index in [1.807, 2.05) is 38.1 Å². The summed E-state index contributed by atoms with van der Waals surface area (Å²) >= 11 is 0. The van der Waals surface area contributed by atoms with Gasteiger partial charge in [0.15, 0.2) is 58.2 Å². The second-order valence-corrected chi connectivity index (χ2v) is 19.5. The normalized spacial score (nSPS) is 20.3. The highest BCUT2D eigenvalue weighted by atomic mass is 16.7. The van der Waals surface area contributed by atoms with Crippen LogP contribution in [0.2, 0.25) is 0 Å². The second kappa shape index (κ2) is 25.0. The van der Waals surface area contributed by atoms with E-state index >= 15 is 0 Å². The summed E-state index contributed by atoms with van der Waals surface area (Å²) in [4.78, 5) is 26.8. The Morgan fingerprint density at radius 3 is 1.10 bits per heavy atom. The molecule has 0 saturated heterocycles. The van der Waals surface area contributed by atoms with Crippen molar-refractivity contribution in [3.63, 3.8) is 0 Å². The summed E-state index contributed by atoms with van der Waals surface area (Å²) in [5.41, 5.74) is 2.68. The molecule has 0 fully saturated rings. The quantitative estimate of drug-likeness (QED) is 0.112. The number of aliphatic hydroxyl groups is 2. The fourth-order valence-electron chi connectivity index (χ4n) is 10.7. The molecule has 2 heterocycles. The number of carbonyl (C=O) groups excluding carboxylic acids is 2. The van der Waals surface area contributed by atoms with E-state index in [2.05, 4.69) is 0 Å². The van der Waals surface area contributed by atoms with Crippen LogP contribution in [-0.2, 0) is 22.3 Å². The number of ether oxygens (including phenoxy) is 14. The number of esters is 2. The summed E-state index contributed by atoms with van der Waals surface area (Å²) in [5, 5.41) is 24.1. The predicted octanol–water partition coefficient (Wildman–Crippen LogP) is 7.44. The van der Waals surface area contributed by atoms with Crippen LogP contribution in [0.1, 0.15) is 82.9 Å². The van der Waals surface area contributed by atoms with Crippen molar-refractivity contribution in [1.82, 2.24) is 0 Å². The van der Waals surface area contributed by atoms with Crippen LogP contribution in [0.5, 0.6) is 69.0 Å². The van der Waals surface area contributed by atoms with E-state index < -0.39 is 35.3 Å². The Morgan fingerprint density at radius 2 is 0.790 bits per heavy atom. The van der Waals surface area contributed by atoms with Gasteiger partial charge < -0.3 is 93.0 Å². The van der Waals surface area contributed by atoms with Crippen LogP contribution < -0.4 is 56.8 Å². The topological polar surface area (TPSA) is 298 Å². The van der Waals surface area contributed by atoms with Crippen molar-refractivity contribution < 1.29 is 103 Å². The molecule has 0 amide bonds. The SMILES string of the molecule is COc1cc2c(c(OC)c1OC)-c1c(cc3c(c1OC)OCO3)C[C@H](C)[C@](C)(O)[C@H]2OC(=O)c1ccccc1.COc1cc2c(c(OC)c1OC)-c1c(cc3c(c1OC)OCO3)C[C@H](C)[C@](C)(O)[C@H]2OC(=O)c1ccccc1.O.O.O. The molecule has 21 heteroatoms. The van der Waals surface area contributed by atoms with Gasteiger partial charge in [0.05, 0.1) is 68.0 Å². The van der Waals surface area contributed by atoms with Gasteiger partial charge in [0.1, 0.15) is 11.2 Å². The van der Waals surface area contributed by atoms with E-state index in [9.17, 15) is 19.8 Å². The second-order valence-electron chi connectivity index (χ2n) is 19.5. The molecule has 0 unspecified atom stereocenters. The zero-order valence-electron chi connectivity index (χ0n) is 47.1. The highest BCUT2D eigenvalue weighted by molar-refractivity contribution is 5.93. The third-order valence-corrected chi connectivity index (χ3v) is 15.2. The van der Waals surface area contributed by atoms with E-state index in [0.717, 1.165) is 11.1 Å². The van der Waals surface area contributed by atoms with E-state index in [1.165, 1.54) is 42.7 Å². The Hall–Kier alpha value is -8.34. The van der Waals surface area contributed by atoms with Crippen molar-refractivity contribution >= 4 is 11.9 Å². The summed E-state index contributed by atoms with van der Waals surface area (Å²) in [5.74, 6) is 3.01. The lowest BCUT2D eigenvalue weighted by atomic mass is 9.73. The average Bonchev–Trinajstić information content (AvgIpc) is 4.18. The van der Waals surface area contributed by atoms with Gasteiger partial charge in [-0.2, -0.15) is 0 Å². The first-order valence-electron chi connectivity index (χ1n) is 25.1. The molecular weight excluding hydrogens is 1060 g/mol. The summed E-state index contributed by atoms with van der Waals surface area (Å²) in [6.45, 7) is 7.26. The number of benzene rings is 6. The zero-order chi connectivity index (χ0) is 55.8. The van der Waals surface area contributed by atoms with Gasteiger partial charge in [0.25, 0.3) is 0 Å². The van der Waals surface area contributed by atoms with Crippen molar-refractivity contribution in [3.05, 3.63) is 118 Å². The lowest BCUT2D eigenvalue weighted by Crippen LogP contribution is -2.43. The van der Waals surface area contributed by atoms with Gasteiger partial charge in [-0.25, -0.2) is 9.59 Å². The Labute approximate surface area is 468 Å². The van der Waals surface area contributed by atoms with Crippen LogP contribution >= 0.6 is 0 Å². The fraction of sp³-hybridized carbons (Fsp3) is 0.367. The lowest BCUT2D eigenvalue weighted by Gasteiger charge is -2.41. The highest BCUT2D eigenvalue weighted by Crippen LogP contribution is 2.61. The zero-order valence-corrected chi connectivity index (χ0v) is 47.1. The number of methoxy groups -OCH3 is 8. The summed E-state index contributed by atoms with van der Waals surface area (Å²) in [6.07, 6.45) is -1.42. The molecule has 0 saturated carbocycles. The largest absolute Gasteiger partial charge is 0.493 e.